The van der Waals surface area contributed by atoms with Crippen LogP contribution in [0.25, 0.3) is 0 Å². The lowest BCUT2D eigenvalue weighted by Crippen LogP contribution is -2.31. The molecular weight excluding hydrogens is 305 g/mol. The van der Waals surface area contributed by atoms with Crippen LogP contribution in [0.1, 0.15) is 53.2 Å². The molecule has 1 aliphatic carbocycles. The number of rotatable bonds is 5. The van der Waals surface area contributed by atoms with Crippen LogP contribution in [-0.4, -0.2) is 11.7 Å². The Balaban J connectivity index is 1.55. The molecule has 1 atom stereocenters. The van der Waals surface area contributed by atoms with Gasteiger partial charge in [-0.3, -0.25) is 9.59 Å². The Kier molecular flexibility index (Phi) is 5.04. The van der Waals surface area contributed by atoms with Crippen molar-refractivity contribution in [1.82, 2.24) is 5.32 Å². The van der Waals surface area contributed by atoms with E-state index in [1.807, 2.05) is 12.1 Å². The van der Waals surface area contributed by atoms with Crippen molar-refractivity contribution >= 4 is 11.7 Å². The first-order valence-electron chi connectivity index (χ1n) is 8.29. The van der Waals surface area contributed by atoms with Crippen LogP contribution >= 0.6 is 0 Å². The Labute approximate surface area is 140 Å². The van der Waals surface area contributed by atoms with Crippen molar-refractivity contribution < 1.29 is 14.0 Å². The van der Waals surface area contributed by atoms with Gasteiger partial charge in [-0.1, -0.05) is 24.3 Å². The maximum Gasteiger partial charge on any atom is 0.220 e. The minimum absolute atomic E-state index is 0.0309. The molecule has 0 aliphatic heterocycles. The van der Waals surface area contributed by atoms with Crippen LogP contribution in [0.15, 0.2) is 48.5 Å². The maximum atomic E-state index is 12.9. The van der Waals surface area contributed by atoms with E-state index in [0.717, 1.165) is 19.3 Å². The number of hydrogen-bond acceptors (Lipinski definition) is 2. The lowest BCUT2D eigenvalue weighted by atomic mass is 9.87. The van der Waals surface area contributed by atoms with Gasteiger partial charge in [-0.2, -0.15) is 0 Å². The van der Waals surface area contributed by atoms with Crippen molar-refractivity contribution in [1.29, 1.82) is 0 Å². The molecular formula is C20H20FNO2. The highest BCUT2D eigenvalue weighted by atomic mass is 19.1. The normalized spacial score (nSPS) is 16.3. The standard InChI is InChI=1S/C20H20FNO2/c21-16-10-8-15(9-11-16)19(23)12-13-20(24)22-18-7-3-5-14-4-1-2-6-17(14)18/h1-2,4,6,8-11,18H,3,5,7,12-13H2,(H,22,24)/t18-/m0/s1. The molecule has 0 saturated carbocycles. The highest BCUT2D eigenvalue weighted by molar-refractivity contribution is 5.97. The van der Waals surface area contributed by atoms with E-state index in [2.05, 4.69) is 17.4 Å². The smallest absolute Gasteiger partial charge is 0.220 e. The maximum absolute atomic E-state index is 12.9. The van der Waals surface area contributed by atoms with Crippen LogP contribution in [0.5, 0.6) is 0 Å². The van der Waals surface area contributed by atoms with Crippen molar-refractivity contribution in [3.63, 3.8) is 0 Å². The number of ketones is 1. The van der Waals surface area contributed by atoms with Crippen molar-refractivity contribution in [3.05, 3.63) is 71.0 Å². The second-order valence-electron chi connectivity index (χ2n) is 6.14. The molecule has 0 fully saturated rings. The Morgan fingerprint density at radius 3 is 2.58 bits per heavy atom. The molecule has 1 N–H and O–H groups in total. The number of halogens is 1. The molecule has 1 amide bonds. The predicted molar refractivity (Wildman–Crippen MR) is 90.2 cm³/mol. The summed E-state index contributed by atoms with van der Waals surface area (Å²) >= 11 is 0. The minimum atomic E-state index is -0.375. The quantitative estimate of drug-likeness (QED) is 0.845. The summed E-state index contributed by atoms with van der Waals surface area (Å²) in [5.41, 5.74) is 2.91. The van der Waals surface area contributed by atoms with E-state index in [0.29, 0.717) is 5.56 Å². The van der Waals surface area contributed by atoms with Gasteiger partial charge in [-0.25, -0.2) is 4.39 Å². The molecule has 0 spiro atoms. The topological polar surface area (TPSA) is 46.2 Å². The Morgan fingerprint density at radius 1 is 1.04 bits per heavy atom. The first kappa shape index (κ1) is 16.4. The third-order valence-corrected chi connectivity index (χ3v) is 4.45. The first-order chi connectivity index (χ1) is 11.6. The summed E-state index contributed by atoms with van der Waals surface area (Å²) in [5, 5.41) is 3.04. The van der Waals surface area contributed by atoms with Gasteiger partial charge in [0.1, 0.15) is 5.82 Å². The van der Waals surface area contributed by atoms with Crippen molar-refractivity contribution in [2.24, 2.45) is 0 Å². The van der Waals surface area contributed by atoms with Crippen LogP contribution < -0.4 is 5.32 Å². The van der Waals surface area contributed by atoms with Crippen LogP contribution in [0.3, 0.4) is 0 Å². The lowest BCUT2D eigenvalue weighted by molar-refractivity contribution is -0.121. The summed E-state index contributed by atoms with van der Waals surface area (Å²) in [6.07, 6.45) is 3.30. The van der Waals surface area contributed by atoms with E-state index < -0.39 is 0 Å². The monoisotopic (exact) mass is 325 g/mol. The zero-order chi connectivity index (χ0) is 16.9. The molecule has 3 nitrogen and oxygen atoms in total. The summed E-state index contributed by atoms with van der Waals surface area (Å²) in [6, 6.07) is 13.6. The molecule has 2 aromatic carbocycles. The molecule has 1 aliphatic rings. The van der Waals surface area contributed by atoms with Crippen LogP contribution in [0.2, 0.25) is 0 Å². The predicted octanol–water partition coefficient (Wildman–Crippen LogP) is 3.98. The molecule has 0 saturated heterocycles. The number of aryl methyl sites for hydroxylation is 1. The summed E-state index contributed by atoms with van der Waals surface area (Å²) in [6.45, 7) is 0. The van der Waals surface area contributed by atoms with Gasteiger partial charge in [-0.05, 0) is 54.7 Å². The van der Waals surface area contributed by atoms with Gasteiger partial charge in [-0.15, -0.1) is 0 Å². The van der Waals surface area contributed by atoms with Crippen LogP contribution in [-0.2, 0) is 11.2 Å². The molecule has 0 unspecified atom stereocenters. The SMILES string of the molecule is O=C(CCC(=O)c1ccc(F)cc1)N[C@H]1CCCc2ccccc21. The number of amides is 1. The van der Waals surface area contributed by atoms with E-state index in [9.17, 15) is 14.0 Å². The second kappa shape index (κ2) is 7.39. The van der Waals surface area contributed by atoms with E-state index in [1.54, 1.807) is 0 Å². The van der Waals surface area contributed by atoms with Crippen LogP contribution in [0, 0.1) is 5.82 Å². The number of carbonyl (C=O) groups excluding carboxylic acids is 2. The summed E-state index contributed by atoms with van der Waals surface area (Å²) in [7, 11) is 0. The second-order valence-corrected chi connectivity index (χ2v) is 6.14. The average molecular weight is 325 g/mol. The third kappa shape index (κ3) is 3.88. The lowest BCUT2D eigenvalue weighted by Gasteiger charge is -2.26. The largest absolute Gasteiger partial charge is 0.349 e. The van der Waals surface area contributed by atoms with Crippen molar-refractivity contribution in [2.45, 2.75) is 38.1 Å². The highest BCUT2D eigenvalue weighted by Gasteiger charge is 2.21. The summed E-state index contributed by atoms with van der Waals surface area (Å²) in [5.74, 6) is -0.637. The highest BCUT2D eigenvalue weighted by Crippen LogP contribution is 2.29. The van der Waals surface area contributed by atoms with Gasteiger partial charge in [0.15, 0.2) is 5.78 Å². The summed E-state index contributed by atoms with van der Waals surface area (Å²) in [4.78, 5) is 24.2. The van der Waals surface area contributed by atoms with E-state index in [4.69, 9.17) is 0 Å². The number of hydrogen-bond donors (Lipinski definition) is 1. The molecule has 4 heteroatoms. The van der Waals surface area contributed by atoms with Gasteiger partial charge in [0.2, 0.25) is 5.91 Å². The number of nitrogens with one attached hydrogen (secondary N) is 1. The number of fused-ring (bicyclic) bond motifs is 1. The zero-order valence-corrected chi connectivity index (χ0v) is 13.4. The van der Waals surface area contributed by atoms with E-state index in [-0.39, 0.29) is 36.4 Å². The fourth-order valence-electron chi connectivity index (χ4n) is 3.18. The average Bonchev–Trinajstić information content (AvgIpc) is 2.61. The van der Waals surface area contributed by atoms with E-state index >= 15 is 0 Å². The van der Waals surface area contributed by atoms with Gasteiger partial charge in [0.25, 0.3) is 0 Å². The molecule has 2 aromatic rings. The first-order valence-corrected chi connectivity index (χ1v) is 8.29. The molecule has 3 rings (SSSR count). The molecule has 24 heavy (non-hydrogen) atoms. The number of benzene rings is 2. The molecule has 0 radical (unpaired) electrons. The molecule has 124 valence electrons. The minimum Gasteiger partial charge on any atom is -0.349 e. The fourth-order valence-corrected chi connectivity index (χ4v) is 3.18. The van der Waals surface area contributed by atoms with Gasteiger partial charge >= 0.3 is 0 Å². The molecule has 0 aromatic heterocycles. The number of carbonyl (C=O) groups is 2. The molecule has 0 heterocycles. The Hall–Kier alpha value is -2.49. The van der Waals surface area contributed by atoms with Crippen LogP contribution in [0.4, 0.5) is 4.39 Å². The Morgan fingerprint density at radius 2 is 1.79 bits per heavy atom. The van der Waals surface area contributed by atoms with Gasteiger partial charge < -0.3 is 5.32 Å². The Bertz CT molecular complexity index is 740. The third-order valence-electron chi connectivity index (χ3n) is 4.45. The molecule has 0 bridgehead atoms. The van der Waals surface area contributed by atoms with E-state index in [1.165, 1.54) is 35.4 Å². The van der Waals surface area contributed by atoms with Crippen molar-refractivity contribution in [2.75, 3.05) is 0 Å². The fraction of sp³-hybridized carbons (Fsp3) is 0.300. The van der Waals surface area contributed by atoms with Gasteiger partial charge in [0, 0.05) is 18.4 Å². The van der Waals surface area contributed by atoms with Crippen molar-refractivity contribution in [3.8, 4) is 0 Å². The number of Topliss-reactive ketones (excluding diaryl/α,β-unsaturated/α-hetero) is 1. The zero-order valence-electron chi connectivity index (χ0n) is 13.4. The van der Waals surface area contributed by atoms with Gasteiger partial charge in [0.05, 0.1) is 6.04 Å². The summed E-state index contributed by atoms with van der Waals surface area (Å²) < 4.78 is 12.9.